The van der Waals surface area contributed by atoms with E-state index in [0.29, 0.717) is 10.0 Å². The van der Waals surface area contributed by atoms with E-state index in [1.54, 1.807) is 30.3 Å². The van der Waals surface area contributed by atoms with Gasteiger partial charge < -0.3 is 10.4 Å². The molecule has 1 atom stereocenters. The summed E-state index contributed by atoms with van der Waals surface area (Å²) >= 11 is 12.1. The lowest BCUT2D eigenvalue weighted by Crippen LogP contribution is -2.09. The Hall–Kier alpha value is -1.71. The molecular formula is C16H15Cl2NO2. The van der Waals surface area contributed by atoms with E-state index in [1.807, 2.05) is 19.9 Å². The van der Waals surface area contributed by atoms with Gasteiger partial charge in [-0.15, -0.1) is 0 Å². The fourth-order valence-electron chi connectivity index (χ4n) is 2.07. The summed E-state index contributed by atoms with van der Waals surface area (Å²) in [6.07, 6.45) is 0. The third-order valence-electron chi connectivity index (χ3n) is 3.29. The smallest absolute Gasteiger partial charge is 0.335 e. The number of aryl methyl sites for hydroxylation is 1. The zero-order valence-corrected chi connectivity index (χ0v) is 13.2. The second kappa shape index (κ2) is 6.37. The van der Waals surface area contributed by atoms with Crippen LogP contribution in [-0.2, 0) is 0 Å². The van der Waals surface area contributed by atoms with Crippen molar-refractivity contribution >= 4 is 34.9 Å². The Kier molecular flexibility index (Phi) is 4.76. The first kappa shape index (κ1) is 15.7. The molecule has 5 heteroatoms. The molecule has 0 bridgehead atoms. The molecule has 0 aliphatic heterocycles. The molecule has 0 aliphatic carbocycles. The predicted octanol–water partition coefficient (Wildman–Crippen LogP) is 5.17. The Morgan fingerprint density at radius 2 is 1.90 bits per heavy atom. The van der Waals surface area contributed by atoms with Crippen molar-refractivity contribution in [1.29, 1.82) is 0 Å². The number of carboxylic acid groups (broad SMARTS) is 1. The Morgan fingerprint density at radius 3 is 2.52 bits per heavy atom. The summed E-state index contributed by atoms with van der Waals surface area (Å²) in [5.74, 6) is -0.949. The van der Waals surface area contributed by atoms with Gasteiger partial charge in [0.2, 0.25) is 0 Å². The van der Waals surface area contributed by atoms with Crippen LogP contribution in [0.15, 0.2) is 36.4 Å². The number of halogens is 2. The van der Waals surface area contributed by atoms with Crippen molar-refractivity contribution in [3.63, 3.8) is 0 Å². The van der Waals surface area contributed by atoms with Crippen LogP contribution in [0.2, 0.25) is 10.0 Å². The number of rotatable bonds is 4. The van der Waals surface area contributed by atoms with E-state index in [4.69, 9.17) is 28.3 Å². The van der Waals surface area contributed by atoms with E-state index in [0.717, 1.165) is 16.8 Å². The number of nitrogens with one attached hydrogen (secondary N) is 1. The third kappa shape index (κ3) is 3.69. The van der Waals surface area contributed by atoms with E-state index in [-0.39, 0.29) is 11.6 Å². The molecule has 0 heterocycles. The number of hydrogen-bond donors (Lipinski definition) is 2. The Balaban J connectivity index is 2.28. The van der Waals surface area contributed by atoms with Crippen molar-refractivity contribution in [3.05, 3.63) is 63.1 Å². The summed E-state index contributed by atoms with van der Waals surface area (Å²) < 4.78 is 0. The van der Waals surface area contributed by atoms with Gasteiger partial charge in [-0.1, -0.05) is 35.3 Å². The monoisotopic (exact) mass is 323 g/mol. The molecule has 0 aliphatic rings. The molecule has 0 radical (unpaired) electrons. The van der Waals surface area contributed by atoms with Gasteiger partial charge in [-0.3, -0.25) is 0 Å². The van der Waals surface area contributed by atoms with Crippen LogP contribution in [0.3, 0.4) is 0 Å². The van der Waals surface area contributed by atoms with Crippen LogP contribution in [0.4, 0.5) is 5.69 Å². The minimum atomic E-state index is -0.949. The molecule has 2 aromatic rings. The van der Waals surface area contributed by atoms with Crippen molar-refractivity contribution in [2.45, 2.75) is 19.9 Å². The normalized spacial score (nSPS) is 12.0. The molecule has 2 N–H and O–H groups in total. The second-order valence-corrected chi connectivity index (χ2v) is 5.71. The van der Waals surface area contributed by atoms with Crippen LogP contribution >= 0.6 is 23.2 Å². The zero-order valence-electron chi connectivity index (χ0n) is 11.7. The van der Waals surface area contributed by atoms with Crippen LogP contribution in [0, 0.1) is 6.92 Å². The lowest BCUT2D eigenvalue weighted by atomic mass is 10.1. The lowest BCUT2D eigenvalue weighted by Gasteiger charge is -2.19. The van der Waals surface area contributed by atoms with Gasteiger partial charge >= 0.3 is 5.97 Å². The Labute approximate surface area is 133 Å². The summed E-state index contributed by atoms with van der Waals surface area (Å²) in [4.78, 5) is 11.0. The third-order valence-corrected chi connectivity index (χ3v) is 3.85. The molecule has 1 unspecified atom stereocenters. The van der Waals surface area contributed by atoms with Crippen LogP contribution in [0.25, 0.3) is 0 Å². The Morgan fingerprint density at radius 1 is 1.19 bits per heavy atom. The summed E-state index contributed by atoms with van der Waals surface area (Å²) in [6, 6.07) is 10.2. The number of anilines is 1. The highest BCUT2D eigenvalue weighted by Gasteiger charge is 2.12. The van der Waals surface area contributed by atoms with Gasteiger partial charge in [0.25, 0.3) is 0 Å². The number of benzene rings is 2. The van der Waals surface area contributed by atoms with Crippen LogP contribution in [0.1, 0.15) is 34.5 Å². The molecule has 2 aromatic carbocycles. The maximum Gasteiger partial charge on any atom is 0.335 e. The van der Waals surface area contributed by atoms with E-state index >= 15 is 0 Å². The van der Waals surface area contributed by atoms with Gasteiger partial charge in [-0.25, -0.2) is 4.79 Å². The second-order valence-electron chi connectivity index (χ2n) is 4.87. The van der Waals surface area contributed by atoms with Crippen molar-refractivity contribution in [3.8, 4) is 0 Å². The highest BCUT2D eigenvalue weighted by molar-refractivity contribution is 6.35. The molecule has 2 rings (SSSR count). The number of carbonyl (C=O) groups is 1. The lowest BCUT2D eigenvalue weighted by molar-refractivity contribution is 0.0697. The van der Waals surface area contributed by atoms with Gasteiger partial charge in [0.15, 0.2) is 0 Å². The highest BCUT2D eigenvalue weighted by Crippen LogP contribution is 2.29. The number of hydrogen-bond acceptors (Lipinski definition) is 2. The van der Waals surface area contributed by atoms with Gasteiger partial charge in [0, 0.05) is 15.7 Å². The van der Waals surface area contributed by atoms with Crippen molar-refractivity contribution in [2.24, 2.45) is 0 Å². The summed E-state index contributed by atoms with van der Waals surface area (Å²) in [7, 11) is 0. The summed E-state index contributed by atoms with van der Waals surface area (Å²) in [6.45, 7) is 3.88. The minimum Gasteiger partial charge on any atom is -0.478 e. The SMILES string of the molecule is Cc1ccc(C(=O)O)cc1NC(C)c1ccc(Cl)cc1Cl. The first-order chi connectivity index (χ1) is 9.88. The molecule has 0 saturated carbocycles. The zero-order chi connectivity index (χ0) is 15.6. The molecule has 0 aromatic heterocycles. The average molecular weight is 324 g/mol. The van der Waals surface area contributed by atoms with Gasteiger partial charge in [-0.05, 0) is 49.2 Å². The van der Waals surface area contributed by atoms with Gasteiger partial charge in [0.1, 0.15) is 0 Å². The first-order valence-corrected chi connectivity index (χ1v) is 7.19. The molecule has 3 nitrogen and oxygen atoms in total. The van der Waals surface area contributed by atoms with E-state index in [1.165, 1.54) is 0 Å². The summed E-state index contributed by atoms with van der Waals surface area (Å²) in [5.41, 5.74) is 2.89. The van der Waals surface area contributed by atoms with Gasteiger partial charge in [0.05, 0.1) is 11.6 Å². The topological polar surface area (TPSA) is 49.3 Å². The molecule has 21 heavy (non-hydrogen) atoms. The van der Waals surface area contributed by atoms with Crippen LogP contribution in [-0.4, -0.2) is 11.1 Å². The van der Waals surface area contributed by atoms with Crippen molar-refractivity contribution < 1.29 is 9.90 Å². The maximum atomic E-state index is 11.0. The predicted molar refractivity (Wildman–Crippen MR) is 86.6 cm³/mol. The van der Waals surface area contributed by atoms with Crippen molar-refractivity contribution in [2.75, 3.05) is 5.32 Å². The maximum absolute atomic E-state index is 11.0. The number of aromatic carboxylic acids is 1. The first-order valence-electron chi connectivity index (χ1n) is 6.44. The molecule has 0 saturated heterocycles. The van der Waals surface area contributed by atoms with E-state index in [9.17, 15) is 4.79 Å². The van der Waals surface area contributed by atoms with Crippen LogP contribution < -0.4 is 5.32 Å². The number of carboxylic acids is 1. The largest absolute Gasteiger partial charge is 0.478 e. The van der Waals surface area contributed by atoms with Crippen LogP contribution in [0.5, 0.6) is 0 Å². The summed E-state index contributed by atoms with van der Waals surface area (Å²) in [5, 5.41) is 13.5. The van der Waals surface area contributed by atoms with E-state index in [2.05, 4.69) is 5.32 Å². The van der Waals surface area contributed by atoms with Gasteiger partial charge in [-0.2, -0.15) is 0 Å². The molecule has 0 spiro atoms. The standard InChI is InChI=1S/C16H15Cl2NO2/c1-9-3-4-11(16(20)21)7-15(9)19-10(2)13-6-5-12(17)8-14(13)18/h3-8,10,19H,1-2H3,(H,20,21). The highest BCUT2D eigenvalue weighted by atomic mass is 35.5. The fourth-order valence-corrected chi connectivity index (χ4v) is 2.65. The molecular weight excluding hydrogens is 309 g/mol. The molecule has 110 valence electrons. The Bertz CT molecular complexity index is 686. The van der Waals surface area contributed by atoms with Crippen molar-refractivity contribution in [1.82, 2.24) is 0 Å². The van der Waals surface area contributed by atoms with E-state index < -0.39 is 5.97 Å². The molecule has 0 amide bonds. The fraction of sp³-hybridized carbons (Fsp3) is 0.188. The quantitative estimate of drug-likeness (QED) is 0.815. The molecule has 0 fully saturated rings. The minimum absolute atomic E-state index is 0.0717. The average Bonchev–Trinajstić information content (AvgIpc) is 2.40.